The monoisotopic (exact) mass is 1460 g/mol. The van der Waals surface area contributed by atoms with Crippen molar-refractivity contribution in [3.8, 4) is 0 Å². The maximum atomic E-state index is 12.8. The van der Waals surface area contributed by atoms with E-state index in [1.807, 2.05) is 0 Å². The van der Waals surface area contributed by atoms with Gasteiger partial charge in [-0.3, -0.25) is 18.6 Å². The molecule has 0 rings (SSSR count). The molecule has 2 unspecified atom stereocenters. The van der Waals surface area contributed by atoms with Crippen LogP contribution in [0.5, 0.6) is 0 Å². The maximum Gasteiger partial charge on any atom is 0.472 e. The first-order chi connectivity index (χ1) is 50.8. The van der Waals surface area contributed by atoms with Crippen LogP contribution in [0.1, 0.15) is 438 Å². The number of allylic oxidation sites excluding steroid dienone is 18. The van der Waals surface area contributed by atoms with E-state index in [0.717, 1.165) is 89.9 Å². The topological polar surface area (TPSA) is 134 Å². The van der Waals surface area contributed by atoms with Crippen molar-refractivity contribution in [2.75, 3.05) is 26.4 Å². The Bertz CT molecular complexity index is 2070. The number of carbonyl (C=O) groups excluding carboxylic acids is 2. The molecule has 0 spiro atoms. The van der Waals surface area contributed by atoms with Gasteiger partial charge in [0.2, 0.25) is 0 Å². The number of phosphoric ester groups is 1. The van der Waals surface area contributed by atoms with E-state index in [1.54, 1.807) is 0 Å². The molecule has 0 aromatic carbocycles. The SMILES string of the molecule is CC/C=C\C/C=C\C/C=C\C/C=C\C/C=C\C/C=C\C/C=C\CCCCCCCCCCCCCCCCCCCCCC(=O)OC(COC(=O)CCCCCCCCCCCCCCCCCCCCCCCCCCCCCCC/C=C\C/C=C\CCCCCCC)COP(=O)(O)OCCN. The second-order valence-corrected chi connectivity index (χ2v) is 31.2. The first-order valence-corrected chi connectivity index (χ1v) is 45.9. The lowest BCUT2D eigenvalue weighted by molar-refractivity contribution is -0.161. The summed E-state index contributed by atoms with van der Waals surface area (Å²) in [7, 11) is -4.40. The number of esters is 2. The van der Waals surface area contributed by atoms with E-state index >= 15 is 0 Å². The van der Waals surface area contributed by atoms with Crippen molar-refractivity contribution in [1.82, 2.24) is 0 Å². The second kappa shape index (κ2) is 87.6. The van der Waals surface area contributed by atoms with Crippen molar-refractivity contribution < 1.29 is 37.6 Å². The number of hydrogen-bond donors (Lipinski definition) is 2. The first-order valence-electron chi connectivity index (χ1n) is 44.4. The molecule has 0 fully saturated rings. The zero-order valence-electron chi connectivity index (χ0n) is 67.8. The minimum Gasteiger partial charge on any atom is -0.462 e. The van der Waals surface area contributed by atoms with Gasteiger partial charge in [-0.05, 0) is 103 Å². The minimum atomic E-state index is -4.40. The van der Waals surface area contributed by atoms with Gasteiger partial charge in [0.15, 0.2) is 6.10 Å². The molecule has 3 N–H and O–H groups in total. The van der Waals surface area contributed by atoms with Crippen molar-refractivity contribution in [2.45, 2.75) is 444 Å². The lowest BCUT2D eigenvalue weighted by Crippen LogP contribution is -2.29. The molecule has 0 saturated carbocycles. The molecule has 9 nitrogen and oxygen atoms in total. The lowest BCUT2D eigenvalue weighted by Gasteiger charge is -2.19. The summed E-state index contributed by atoms with van der Waals surface area (Å²) in [5, 5.41) is 0. The van der Waals surface area contributed by atoms with E-state index in [9.17, 15) is 19.0 Å². The van der Waals surface area contributed by atoms with Crippen LogP contribution in [0.2, 0.25) is 0 Å². The molecule has 2 atom stereocenters. The van der Waals surface area contributed by atoms with Crippen LogP contribution < -0.4 is 5.73 Å². The number of hydrogen-bond acceptors (Lipinski definition) is 8. The van der Waals surface area contributed by atoms with Gasteiger partial charge in [-0.15, -0.1) is 0 Å². The van der Waals surface area contributed by atoms with Gasteiger partial charge in [0.25, 0.3) is 0 Å². The van der Waals surface area contributed by atoms with Gasteiger partial charge in [-0.25, -0.2) is 4.57 Å². The Hall–Kier alpha value is -3.33. The van der Waals surface area contributed by atoms with Crippen LogP contribution >= 0.6 is 7.82 Å². The molecule has 0 heterocycles. The highest BCUT2D eigenvalue weighted by molar-refractivity contribution is 7.47. The van der Waals surface area contributed by atoms with E-state index in [1.165, 1.54) is 315 Å². The predicted octanol–water partition coefficient (Wildman–Crippen LogP) is 30.3. The molecule has 0 amide bonds. The highest BCUT2D eigenvalue weighted by Crippen LogP contribution is 2.43. The Kier molecular flexibility index (Phi) is 84.7. The highest BCUT2D eigenvalue weighted by Gasteiger charge is 2.26. The van der Waals surface area contributed by atoms with Crippen LogP contribution in [0.3, 0.4) is 0 Å². The maximum absolute atomic E-state index is 12.8. The predicted molar refractivity (Wildman–Crippen MR) is 450 cm³/mol. The van der Waals surface area contributed by atoms with Crippen molar-refractivity contribution in [1.29, 1.82) is 0 Å². The molecule has 0 bridgehead atoms. The molecule has 0 aliphatic heterocycles. The summed E-state index contributed by atoms with van der Waals surface area (Å²) in [5.41, 5.74) is 5.43. The summed E-state index contributed by atoms with van der Waals surface area (Å²) in [6, 6.07) is 0. The molecule has 0 aromatic heterocycles. The van der Waals surface area contributed by atoms with Gasteiger partial charge in [-0.1, -0.05) is 431 Å². The molecule has 103 heavy (non-hydrogen) atoms. The van der Waals surface area contributed by atoms with Crippen LogP contribution in [0.15, 0.2) is 109 Å². The zero-order chi connectivity index (χ0) is 74.3. The fourth-order valence-electron chi connectivity index (χ4n) is 13.1. The number of phosphoric acid groups is 1. The number of nitrogens with two attached hydrogens (primary N) is 1. The number of carbonyl (C=O) groups is 2. The fourth-order valence-corrected chi connectivity index (χ4v) is 13.9. The van der Waals surface area contributed by atoms with Gasteiger partial charge in [0, 0.05) is 19.4 Å². The minimum absolute atomic E-state index is 0.0535. The fraction of sp³-hybridized carbons (Fsp3) is 0.785. The third kappa shape index (κ3) is 87.5. The average Bonchev–Trinajstić information content (AvgIpc) is 0.970. The van der Waals surface area contributed by atoms with Crippen LogP contribution in [-0.2, 0) is 32.7 Å². The Balaban J connectivity index is 3.74. The summed E-state index contributed by atoms with van der Waals surface area (Å²) in [5.74, 6) is -0.807. The summed E-state index contributed by atoms with van der Waals surface area (Å²) in [6.45, 7) is 3.68. The van der Waals surface area contributed by atoms with Gasteiger partial charge in [0.05, 0.1) is 13.2 Å². The molecule has 0 aromatic rings. The van der Waals surface area contributed by atoms with Gasteiger partial charge < -0.3 is 20.1 Å². The van der Waals surface area contributed by atoms with Crippen molar-refractivity contribution >= 4 is 19.8 Å². The third-order valence-corrected chi connectivity index (χ3v) is 20.6. The van der Waals surface area contributed by atoms with E-state index in [0.29, 0.717) is 6.42 Å². The summed E-state index contributed by atoms with van der Waals surface area (Å²) < 4.78 is 33.3. The van der Waals surface area contributed by atoms with E-state index in [2.05, 4.69) is 123 Å². The van der Waals surface area contributed by atoms with Crippen LogP contribution in [0.25, 0.3) is 0 Å². The largest absolute Gasteiger partial charge is 0.472 e. The Morgan fingerprint density at radius 2 is 0.534 bits per heavy atom. The number of rotatable bonds is 84. The molecule has 10 heteroatoms. The van der Waals surface area contributed by atoms with Crippen LogP contribution in [0.4, 0.5) is 0 Å². The van der Waals surface area contributed by atoms with Gasteiger partial charge >= 0.3 is 19.8 Å². The first kappa shape index (κ1) is 99.7. The molecule has 598 valence electrons. The summed E-state index contributed by atoms with van der Waals surface area (Å²) in [4.78, 5) is 35.5. The third-order valence-electron chi connectivity index (χ3n) is 19.6. The van der Waals surface area contributed by atoms with Gasteiger partial charge in [-0.2, -0.15) is 0 Å². The normalized spacial score (nSPS) is 13.3. The van der Waals surface area contributed by atoms with Crippen molar-refractivity contribution in [3.63, 3.8) is 0 Å². The van der Waals surface area contributed by atoms with E-state index in [4.69, 9.17) is 24.3 Å². The van der Waals surface area contributed by atoms with Crippen LogP contribution in [-0.4, -0.2) is 49.3 Å². The Morgan fingerprint density at radius 1 is 0.301 bits per heavy atom. The lowest BCUT2D eigenvalue weighted by atomic mass is 10.0. The number of ether oxygens (including phenoxy) is 2. The molecule has 0 saturated heterocycles. The molecule has 0 aliphatic rings. The van der Waals surface area contributed by atoms with Crippen molar-refractivity contribution in [2.24, 2.45) is 5.73 Å². The number of unbranched alkanes of at least 4 members (excludes halogenated alkanes) is 53. The van der Waals surface area contributed by atoms with E-state index in [-0.39, 0.29) is 38.6 Å². The van der Waals surface area contributed by atoms with Crippen molar-refractivity contribution in [3.05, 3.63) is 109 Å². The Labute approximate surface area is 639 Å². The smallest absolute Gasteiger partial charge is 0.462 e. The average molecular weight is 1460 g/mol. The molecular weight excluding hydrogens is 1290 g/mol. The molecule has 0 aliphatic carbocycles. The van der Waals surface area contributed by atoms with E-state index < -0.39 is 26.5 Å². The summed E-state index contributed by atoms with van der Waals surface area (Å²) >= 11 is 0. The molecular formula is C93H168NO8P. The van der Waals surface area contributed by atoms with Crippen LogP contribution in [0, 0.1) is 0 Å². The molecule has 0 radical (unpaired) electrons. The highest BCUT2D eigenvalue weighted by atomic mass is 31.2. The quantitative estimate of drug-likeness (QED) is 0.0264. The second-order valence-electron chi connectivity index (χ2n) is 29.7. The van der Waals surface area contributed by atoms with Gasteiger partial charge in [0.1, 0.15) is 6.61 Å². The zero-order valence-corrected chi connectivity index (χ0v) is 68.7. The summed E-state index contributed by atoms with van der Waals surface area (Å²) in [6.07, 6.45) is 123. The Morgan fingerprint density at radius 3 is 0.796 bits per heavy atom. The standard InChI is InChI=1S/C93H168NO8P/c1-3-5-7-9-11-13-15-17-19-21-23-25-27-29-31-33-35-37-39-41-43-45-47-49-51-53-55-57-59-61-63-65-67-69-71-73-75-77-79-81-83-85-92(95)99-89-91(90-101-103(97,98)100-88-87-94)102-93(96)86-84-82-80-78-76-74-72-70-68-66-64-62-60-58-56-54-52-50-48-46-44-42-40-38-36-34-32-30-28-26-24-22-20-18-16-14-12-10-8-6-4-2/h6,8,12,14-15,17-18,20-21,23-24,26,30,32,36,38,42,44,91H,3-5,7,9-11,13,16,19,22,25,27-29,31,33-35,37,39-41,43,45-90,94H2,1-2H3,(H,97,98)/b8-6-,14-12-,17-15-,20-18-,23-21-,26-24-,32-30-,38-36-,44-42-.